The Morgan fingerprint density at radius 3 is 2.19 bits per heavy atom. The molecule has 4 rings (SSSR count). The van der Waals surface area contributed by atoms with E-state index in [1.807, 2.05) is 0 Å². The molecular weight excluding hydrogens is 452 g/mol. The molecule has 1 aliphatic carbocycles. The van der Waals surface area contributed by atoms with Crippen LogP contribution < -0.4 is 5.32 Å². The topological polar surface area (TPSA) is 101 Å². The number of nitrogens with one attached hydrogen (secondary N) is 1. The molecule has 0 atom stereocenters. The van der Waals surface area contributed by atoms with Crippen molar-refractivity contribution in [2.24, 2.45) is 0 Å². The van der Waals surface area contributed by atoms with Gasteiger partial charge < -0.3 is 5.32 Å². The zero-order valence-electron chi connectivity index (χ0n) is 17.0. The smallest absolute Gasteiger partial charge is 0.257 e. The predicted octanol–water partition coefficient (Wildman–Crippen LogP) is 3.62. The fourth-order valence-corrected chi connectivity index (χ4v) is 4.75. The summed E-state index contributed by atoms with van der Waals surface area (Å²) in [4.78, 5) is 38.7. The first-order valence-electron chi connectivity index (χ1n) is 9.48. The molecule has 1 N–H and O–H groups in total. The van der Waals surface area contributed by atoms with Gasteiger partial charge in [-0.2, -0.15) is 0 Å². The molecule has 7 nitrogen and oxygen atoms in total. The number of sulfonamides is 1. The summed E-state index contributed by atoms with van der Waals surface area (Å²) in [7, 11) is -0.875. The molecule has 3 aromatic rings. The number of hydrogen-bond donors (Lipinski definition) is 1. The molecular formula is C23H17ClN2O5S. The van der Waals surface area contributed by atoms with E-state index in [9.17, 15) is 22.8 Å². The molecule has 32 heavy (non-hydrogen) atoms. The van der Waals surface area contributed by atoms with Crippen LogP contribution in [-0.2, 0) is 10.0 Å². The minimum absolute atomic E-state index is 0.00758. The summed E-state index contributed by atoms with van der Waals surface area (Å²) in [5.74, 6) is -1.42. The summed E-state index contributed by atoms with van der Waals surface area (Å²) in [6.45, 7) is 0. The van der Waals surface area contributed by atoms with Crippen molar-refractivity contribution >= 4 is 44.8 Å². The normalized spacial score (nSPS) is 13.0. The average Bonchev–Trinajstić information content (AvgIpc) is 2.77. The van der Waals surface area contributed by atoms with Crippen molar-refractivity contribution in [3.8, 4) is 0 Å². The zero-order chi connectivity index (χ0) is 23.2. The summed E-state index contributed by atoms with van der Waals surface area (Å²) in [5, 5.41) is 2.47. The lowest BCUT2D eigenvalue weighted by molar-refractivity contribution is 0.0978. The third kappa shape index (κ3) is 3.52. The average molecular weight is 469 g/mol. The van der Waals surface area contributed by atoms with Crippen LogP contribution in [0.15, 0.2) is 65.6 Å². The minimum Gasteiger partial charge on any atom is -0.322 e. The molecule has 162 valence electrons. The monoisotopic (exact) mass is 468 g/mol. The first-order chi connectivity index (χ1) is 15.1. The second kappa shape index (κ2) is 7.98. The number of amides is 1. The van der Waals surface area contributed by atoms with Gasteiger partial charge in [0.1, 0.15) is 0 Å². The highest BCUT2D eigenvalue weighted by atomic mass is 35.5. The Labute approximate surface area is 189 Å². The van der Waals surface area contributed by atoms with Crippen molar-refractivity contribution in [3.63, 3.8) is 0 Å². The lowest BCUT2D eigenvalue weighted by Gasteiger charge is -2.19. The number of ketones is 2. The van der Waals surface area contributed by atoms with E-state index in [2.05, 4.69) is 5.32 Å². The zero-order valence-corrected chi connectivity index (χ0v) is 18.6. The minimum atomic E-state index is -3.69. The Bertz CT molecular complexity index is 1410. The van der Waals surface area contributed by atoms with Crippen LogP contribution in [0.1, 0.15) is 42.2 Å². The SMILES string of the molecule is CN(C)S(=O)(=O)c1cccc(NC(=O)c2ccc3c(c2Cl)C(=O)c2ccccc2C3=O)c1. The summed E-state index contributed by atoms with van der Waals surface area (Å²) in [6, 6.07) is 15.0. The molecule has 1 aliphatic rings. The first-order valence-corrected chi connectivity index (χ1v) is 11.3. The van der Waals surface area contributed by atoms with Gasteiger partial charge in [0.25, 0.3) is 5.91 Å². The highest BCUT2D eigenvalue weighted by Crippen LogP contribution is 2.34. The molecule has 0 fully saturated rings. The van der Waals surface area contributed by atoms with Gasteiger partial charge in [-0.05, 0) is 30.3 Å². The number of carbonyl (C=O) groups excluding carboxylic acids is 3. The number of fused-ring (bicyclic) bond motifs is 2. The summed E-state index contributed by atoms with van der Waals surface area (Å²) in [5.41, 5.74) is 0.857. The molecule has 0 spiro atoms. The summed E-state index contributed by atoms with van der Waals surface area (Å²) in [6.07, 6.45) is 0. The van der Waals surface area contributed by atoms with Crippen molar-refractivity contribution in [1.82, 2.24) is 4.31 Å². The van der Waals surface area contributed by atoms with E-state index in [0.717, 1.165) is 4.31 Å². The van der Waals surface area contributed by atoms with Crippen LogP contribution in [0.5, 0.6) is 0 Å². The molecule has 0 radical (unpaired) electrons. The Morgan fingerprint density at radius 2 is 1.53 bits per heavy atom. The van der Waals surface area contributed by atoms with Gasteiger partial charge >= 0.3 is 0 Å². The number of anilines is 1. The van der Waals surface area contributed by atoms with Crippen molar-refractivity contribution in [1.29, 1.82) is 0 Å². The third-order valence-corrected chi connectivity index (χ3v) is 7.35. The quantitative estimate of drug-likeness (QED) is 0.493. The van der Waals surface area contributed by atoms with Crippen molar-refractivity contribution < 1.29 is 22.8 Å². The van der Waals surface area contributed by atoms with Crippen LogP contribution in [0.3, 0.4) is 0 Å². The van der Waals surface area contributed by atoms with Gasteiger partial charge in [-0.1, -0.05) is 41.9 Å². The highest BCUT2D eigenvalue weighted by Gasteiger charge is 2.33. The molecule has 0 bridgehead atoms. The molecule has 9 heteroatoms. The molecule has 0 saturated heterocycles. The maximum Gasteiger partial charge on any atom is 0.257 e. The summed E-state index contributed by atoms with van der Waals surface area (Å²) < 4.78 is 25.8. The number of hydrogen-bond acceptors (Lipinski definition) is 5. The molecule has 0 saturated carbocycles. The predicted molar refractivity (Wildman–Crippen MR) is 120 cm³/mol. The second-order valence-corrected chi connectivity index (χ2v) is 9.85. The van der Waals surface area contributed by atoms with Crippen molar-refractivity contribution in [3.05, 3.63) is 93.5 Å². The molecule has 0 aliphatic heterocycles. The molecule has 0 unspecified atom stereocenters. The van der Waals surface area contributed by atoms with Crippen LogP contribution >= 0.6 is 11.6 Å². The van der Waals surface area contributed by atoms with E-state index >= 15 is 0 Å². The second-order valence-electron chi connectivity index (χ2n) is 7.32. The Balaban J connectivity index is 1.70. The Hall–Kier alpha value is -3.33. The number of nitrogens with zero attached hydrogens (tertiary/aromatic N) is 1. The van der Waals surface area contributed by atoms with E-state index in [1.165, 1.54) is 56.6 Å². The first kappa shape index (κ1) is 21.9. The van der Waals surface area contributed by atoms with Gasteiger partial charge in [0, 0.05) is 36.5 Å². The van der Waals surface area contributed by atoms with Gasteiger partial charge in [-0.25, -0.2) is 12.7 Å². The van der Waals surface area contributed by atoms with E-state index < -0.39 is 21.7 Å². The van der Waals surface area contributed by atoms with Crippen LogP contribution in [0.2, 0.25) is 5.02 Å². The summed E-state index contributed by atoms with van der Waals surface area (Å²) >= 11 is 6.42. The lowest BCUT2D eigenvalue weighted by atomic mass is 9.83. The van der Waals surface area contributed by atoms with Gasteiger partial charge in [-0.3, -0.25) is 14.4 Å². The van der Waals surface area contributed by atoms with Crippen LogP contribution in [0, 0.1) is 0 Å². The van der Waals surface area contributed by atoms with Crippen LogP contribution in [0.4, 0.5) is 5.69 Å². The largest absolute Gasteiger partial charge is 0.322 e. The molecule has 3 aromatic carbocycles. The Kier molecular flexibility index (Phi) is 5.46. The standard InChI is InChI=1S/C23H17ClN2O5S/c1-26(2)32(30,31)14-7-5-6-13(12-14)25-23(29)18-11-10-17-19(20(18)24)22(28)16-9-4-3-8-15(16)21(17)27/h3-12H,1-2H3,(H,25,29). The van der Waals surface area contributed by atoms with Crippen molar-refractivity contribution in [2.75, 3.05) is 19.4 Å². The van der Waals surface area contributed by atoms with Gasteiger partial charge in [0.15, 0.2) is 11.6 Å². The number of halogens is 1. The van der Waals surface area contributed by atoms with Crippen LogP contribution in [-0.4, -0.2) is 44.3 Å². The van der Waals surface area contributed by atoms with Gasteiger partial charge in [-0.15, -0.1) is 0 Å². The maximum absolute atomic E-state index is 13.0. The molecule has 0 aromatic heterocycles. The molecule has 0 heterocycles. The number of carbonyl (C=O) groups is 3. The third-order valence-electron chi connectivity index (χ3n) is 5.15. The van der Waals surface area contributed by atoms with Gasteiger partial charge in [0.05, 0.1) is 21.0 Å². The van der Waals surface area contributed by atoms with Gasteiger partial charge in [0.2, 0.25) is 10.0 Å². The Morgan fingerprint density at radius 1 is 0.875 bits per heavy atom. The number of rotatable bonds is 4. The van der Waals surface area contributed by atoms with E-state index in [1.54, 1.807) is 18.2 Å². The number of benzene rings is 3. The molecule has 1 amide bonds. The fourth-order valence-electron chi connectivity index (χ4n) is 3.47. The lowest BCUT2D eigenvalue weighted by Crippen LogP contribution is -2.23. The van der Waals surface area contributed by atoms with E-state index in [-0.39, 0.29) is 49.2 Å². The van der Waals surface area contributed by atoms with Crippen LogP contribution in [0.25, 0.3) is 0 Å². The fraction of sp³-hybridized carbons (Fsp3) is 0.0870. The highest BCUT2D eigenvalue weighted by molar-refractivity contribution is 7.89. The van der Waals surface area contributed by atoms with Crippen molar-refractivity contribution in [2.45, 2.75) is 4.90 Å². The van der Waals surface area contributed by atoms with E-state index in [0.29, 0.717) is 0 Å². The van der Waals surface area contributed by atoms with E-state index in [4.69, 9.17) is 11.6 Å². The maximum atomic E-state index is 13.0.